The molecule has 4 N–H and O–H groups in total. The van der Waals surface area contributed by atoms with Crippen LogP contribution in [0.2, 0.25) is 5.02 Å². The second kappa shape index (κ2) is 12.2. The molecule has 3 aromatic heterocycles. The van der Waals surface area contributed by atoms with Gasteiger partial charge < -0.3 is 26.0 Å². The maximum Gasteiger partial charge on any atom is 0.284 e. The average Bonchev–Trinajstić information content (AvgIpc) is 3.25. The molecule has 0 radical (unpaired) electrons. The number of carbonyl (C=O) groups excluding carboxylic acids is 1. The number of nitrogens with one attached hydrogen (secondary N) is 1. The lowest BCUT2D eigenvalue weighted by atomic mass is 10.0. The molecule has 1 aromatic carbocycles. The average molecular weight is 619 g/mol. The zero-order valence-electron chi connectivity index (χ0n) is 24.6. The third kappa shape index (κ3) is 5.72. The van der Waals surface area contributed by atoms with Gasteiger partial charge in [0.15, 0.2) is 11.6 Å². The number of nitrogen functional groups attached to an aromatic ring is 1. The maximum absolute atomic E-state index is 13.3. The van der Waals surface area contributed by atoms with Gasteiger partial charge in [-0.1, -0.05) is 23.7 Å². The third-order valence-electron chi connectivity index (χ3n) is 8.46. The molecule has 0 atom stereocenters. The molecule has 0 saturated carbocycles. The maximum atomic E-state index is 13.3. The van der Waals surface area contributed by atoms with E-state index in [1.165, 1.54) is 4.68 Å². The van der Waals surface area contributed by atoms with Gasteiger partial charge in [-0.15, -0.1) is 0 Å². The van der Waals surface area contributed by atoms with Crippen molar-refractivity contribution in [2.75, 3.05) is 41.7 Å². The fourth-order valence-corrected chi connectivity index (χ4v) is 6.03. The topological polar surface area (TPSA) is 160 Å². The van der Waals surface area contributed by atoms with E-state index in [2.05, 4.69) is 25.2 Å². The smallest absolute Gasteiger partial charge is 0.284 e. The normalized spacial score (nSPS) is 16.4. The van der Waals surface area contributed by atoms with Gasteiger partial charge in [-0.3, -0.25) is 14.3 Å². The van der Waals surface area contributed by atoms with Crippen molar-refractivity contribution in [1.29, 1.82) is 0 Å². The van der Waals surface area contributed by atoms with E-state index in [0.717, 1.165) is 18.9 Å². The molecule has 0 aliphatic carbocycles. The molecule has 2 saturated heterocycles. The highest BCUT2D eigenvalue weighted by atomic mass is 35.5. The van der Waals surface area contributed by atoms with Crippen molar-refractivity contribution in [3.05, 3.63) is 69.5 Å². The summed E-state index contributed by atoms with van der Waals surface area (Å²) < 4.78 is 3.06. The van der Waals surface area contributed by atoms with Crippen molar-refractivity contribution in [3.63, 3.8) is 0 Å². The molecule has 0 bridgehead atoms. The van der Waals surface area contributed by atoms with E-state index in [1.54, 1.807) is 61.5 Å². The van der Waals surface area contributed by atoms with E-state index in [1.807, 2.05) is 4.90 Å². The van der Waals surface area contributed by atoms with Crippen LogP contribution in [0.25, 0.3) is 17.1 Å². The first-order chi connectivity index (χ1) is 21.2. The molecule has 4 aromatic rings. The summed E-state index contributed by atoms with van der Waals surface area (Å²) in [5.74, 6) is 1.23. The van der Waals surface area contributed by atoms with Gasteiger partial charge in [0.1, 0.15) is 22.8 Å². The number of nitrogens with zero attached hydrogens (tertiary/aromatic N) is 8. The molecule has 1 amide bonds. The van der Waals surface area contributed by atoms with E-state index in [9.17, 15) is 14.7 Å². The summed E-state index contributed by atoms with van der Waals surface area (Å²) in [6.45, 7) is 4.41. The minimum Gasteiger partial charge on any atom is -0.393 e. The number of amides is 1. The number of halogens is 1. The van der Waals surface area contributed by atoms with E-state index < -0.39 is 11.5 Å². The number of hydrogen-bond acceptors (Lipinski definition) is 10. The van der Waals surface area contributed by atoms with Crippen LogP contribution in [0.5, 0.6) is 0 Å². The number of piperidine rings is 2. The van der Waals surface area contributed by atoms with Gasteiger partial charge >= 0.3 is 0 Å². The van der Waals surface area contributed by atoms with Gasteiger partial charge in [-0.25, -0.2) is 24.6 Å². The van der Waals surface area contributed by atoms with Gasteiger partial charge in [0.25, 0.3) is 11.5 Å². The standard InChI is InChI=1S/C30H35ClN10O3/c1-18-26(30(44)41(38(18)2)24-6-4-3-5-21(24)31)29(43)36-19-7-11-40(12-8-19)28-27(32)35-16-23(37-28)22-15-34-25(17-33-22)39-13-9-20(42)10-14-39/h3-6,15-17,19-20,42H,7-14H2,1-2H3,(H2,32,35)(H,36,43). The quantitative estimate of drug-likeness (QED) is 0.292. The molecule has 230 valence electrons. The lowest BCUT2D eigenvalue weighted by Gasteiger charge is -2.33. The number of aliphatic hydroxyl groups is 1. The lowest BCUT2D eigenvalue weighted by molar-refractivity contribution is 0.0929. The van der Waals surface area contributed by atoms with Crippen molar-refractivity contribution in [3.8, 4) is 17.1 Å². The van der Waals surface area contributed by atoms with Crippen LogP contribution < -0.4 is 26.4 Å². The number of aliphatic hydroxyl groups excluding tert-OH is 1. The first-order valence-corrected chi connectivity index (χ1v) is 15.1. The van der Waals surface area contributed by atoms with Crippen LogP contribution in [0.15, 0.2) is 47.7 Å². The molecule has 13 nitrogen and oxygen atoms in total. The Morgan fingerprint density at radius 3 is 2.34 bits per heavy atom. The highest BCUT2D eigenvalue weighted by Gasteiger charge is 2.28. The molecule has 14 heteroatoms. The Hall–Kier alpha value is -4.49. The summed E-state index contributed by atoms with van der Waals surface area (Å²) in [4.78, 5) is 49.1. The molecule has 6 rings (SSSR count). The van der Waals surface area contributed by atoms with Crippen molar-refractivity contribution in [2.45, 2.75) is 44.8 Å². The molecular formula is C30H35ClN10O3. The highest BCUT2D eigenvalue weighted by molar-refractivity contribution is 6.32. The van der Waals surface area contributed by atoms with Crippen LogP contribution >= 0.6 is 11.6 Å². The van der Waals surface area contributed by atoms with Crippen LogP contribution in [-0.4, -0.2) is 78.6 Å². The predicted molar refractivity (Wildman–Crippen MR) is 168 cm³/mol. The molecule has 2 fully saturated rings. The lowest BCUT2D eigenvalue weighted by Crippen LogP contribution is -2.46. The second-order valence-electron chi connectivity index (χ2n) is 11.2. The fraction of sp³-hybridized carbons (Fsp3) is 0.400. The van der Waals surface area contributed by atoms with E-state index in [4.69, 9.17) is 22.3 Å². The molecule has 5 heterocycles. The number of carbonyl (C=O) groups is 1. The minimum absolute atomic E-state index is 0.0997. The number of rotatable bonds is 6. The molecular weight excluding hydrogens is 584 g/mol. The van der Waals surface area contributed by atoms with Crippen molar-refractivity contribution in [2.24, 2.45) is 7.05 Å². The summed E-state index contributed by atoms with van der Waals surface area (Å²) in [5, 5.41) is 13.2. The van der Waals surface area contributed by atoms with Crippen LogP contribution in [-0.2, 0) is 7.05 Å². The SMILES string of the molecule is Cc1c(C(=O)NC2CCN(c3nc(-c4cnc(N5CCC(O)CC5)cn4)cnc3N)CC2)c(=O)n(-c2ccccc2Cl)n1C. The first kappa shape index (κ1) is 29.6. The monoisotopic (exact) mass is 618 g/mol. The molecule has 44 heavy (non-hydrogen) atoms. The number of para-hydroxylation sites is 1. The summed E-state index contributed by atoms with van der Waals surface area (Å²) in [7, 11) is 1.73. The Morgan fingerprint density at radius 2 is 1.66 bits per heavy atom. The van der Waals surface area contributed by atoms with Gasteiger partial charge in [0, 0.05) is 39.3 Å². The van der Waals surface area contributed by atoms with Crippen LogP contribution in [0.4, 0.5) is 17.5 Å². The largest absolute Gasteiger partial charge is 0.393 e. The second-order valence-corrected chi connectivity index (χ2v) is 11.6. The Balaban J connectivity index is 1.11. The first-order valence-electron chi connectivity index (χ1n) is 14.7. The Labute approximate surface area is 259 Å². The molecule has 2 aliphatic rings. The Bertz CT molecular complexity index is 1720. The van der Waals surface area contributed by atoms with Crippen molar-refractivity contribution in [1.82, 2.24) is 34.6 Å². The number of anilines is 3. The zero-order valence-corrected chi connectivity index (χ0v) is 25.4. The number of hydrogen-bond donors (Lipinski definition) is 3. The number of nitrogens with two attached hydrogens (primary N) is 1. The molecule has 0 unspecified atom stereocenters. The minimum atomic E-state index is -0.418. The Kier molecular flexibility index (Phi) is 8.23. The zero-order chi connectivity index (χ0) is 31.0. The van der Waals surface area contributed by atoms with E-state index in [0.29, 0.717) is 78.2 Å². The van der Waals surface area contributed by atoms with E-state index in [-0.39, 0.29) is 17.7 Å². The van der Waals surface area contributed by atoms with Crippen LogP contribution in [0.3, 0.4) is 0 Å². The third-order valence-corrected chi connectivity index (χ3v) is 8.78. The Morgan fingerprint density at radius 1 is 0.977 bits per heavy atom. The summed E-state index contributed by atoms with van der Waals surface area (Å²) in [6.07, 6.45) is 7.44. The van der Waals surface area contributed by atoms with Crippen molar-refractivity contribution < 1.29 is 9.90 Å². The fourth-order valence-electron chi connectivity index (χ4n) is 5.81. The molecule has 0 spiro atoms. The van der Waals surface area contributed by atoms with Gasteiger partial charge in [0.2, 0.25) is 0 Å². The number of benzene rings is 1. The predicted octanol–water partition coefficient (Wildman–Crippen LogP) is 2.33. The van der Waals surface area contributed by atoms with Crippen LogP contribution in [0, 0.1) is 6.92 Å². The van der Waals surface area contributed by atoms with Gasteiger partial charge in [0.05, 0.1) is 41.1 Å². The summed E-state index contributed by atoms with van der Waals surface area (Å²) >= 11 is 6.35. The van der Waals surface area contributed by atoms with Crippen molar-refractivity contribution >= 4 is 35.0 Å². The summed E-state index contributed by atoms with van der Waals surface area (Å²) in [5.41, 5.74) is 8.13. The van der Waals surface area contributed by atoms with Gasteiger partial charge in [-0.05, 0) is 44.7 Å². The van der Waals surface area contributed by atoms with E-state index >= 15 is 0 Å². The van der Waals surface area contributed by atoms with Crippen LogP contribution in [0.1, 0.15) is 41.7 Å². The highest BCUT2D eigenvalue weighted by Crippen LogP contribution is 2.27. The summed E-state index contributed by atoms with van der Waals surface area (Å²) in [6, 6.07) is 6.91. The van der Waals surface area contributed by atoms with Gasteiger partial charge in [-0.2, -0.15) is 0 Å². The molecule has 2 aliphatic heterocycles. The number of aromatic nitrogens is 6.